The highest BCUT2D eigenvalue weighted by Gasteiger charge is 2.18. The number of ether oxygens (including phenoxy) is 1. The van der Waals surface area contributed by atoms with Gasteiger partial charge in [0.25, 0.3) is 0 Å². The van der Waals surface area contributed by atoms with Gasteiger partial charge < -0.3 is 10.1 Å². The Morgan fingerprint density at radius 3 is 2.14 bits per heavy atom. The zero-order chi connectivity index (χ0) is 16.4. The van der Waals surface area contributed by atoms with Crippen molar-refractivity contribution in [3.05, 3.63) is 0 Å². The van der Waals surface area contributed by atoms with Crippen molar-refractivity contribution in [3.63, 3.8) is 0 Å². The maximum Gasteiger partial charge on any atom is 0.319 e. The molecular weight excluding hydrogens is 268 g/mol. The van der Waals surface area contributed by atoms with E-state index >= 15 is 0 Å². The van der Waals surface area contributed by atoms with Crippen molar-refractivity contribution in [2.45, 2.75) is 66.0 Å². The van der Waals surface area contributed by atoms with Crippen LogP contribution < -0.4 is 5.32 Å². The van der Waals surface area contributed by atoms with Crippen molar-refractivity contribution in [1.82, 2.24) is 10.2 Å². The molecule has 124 valence electrons. The number of carbonyl (C=O) groups is 2. The fourth-order valence-electron chi connectivity index (χ4n) is 2.06. The molecule has 0 spiro atoms. The summed E-state index contributed by atoms with van der Waals surface area (Å²) in [6.45, 7) is 10.7. The maximum absolute atomic E-state index is 12.0. The molecule has 0 aliphatic heterocycles. The van der Waals surface area contributed by atoms with Gasteiger partial charge in [0, 0.05) is 12.1 Å². The summed E-state index contributed by atoms with van der Waals surface area (Å²) in [5, 5.41) is 3.00. The highest BCUT2D eigenvalue weighted by Crippen LogP contribution is 2.08. The van der Waals surface area contributed by atoms with Crippen LogP contribution >= 0.6 is 0 Å². The average Bonchev–Trinajstić information content (AvgIpc) is 2.36. The lowest BCUT2D eigenvalue weighted by Crippen LogP contribution is -2.45. The molecule has 1 amide bonds. The van der Waals surface area contributed by atoms with Crippen LogP contribution in [0.2, 0.25) is 0 Å². The molecule has 1 unspecified atom stereocenters. The molecule has 0 fully saturated rings. The summed E-state index contributed by atoms with van der Waals surface area (Å²) in [6.07, 6.45) is 3.29. The summed E-state index contributed by atoms with van der Waals surface area (Å²) in [4.78, 5) is 25.2. The van der Waals surface area contributed by atoms with Gasteiger partial charge in [-0.25, -0.2) is 0 Å². The maximum atomic E-state index is 12.0. The van der Waals surface area contributed by atoms with Crippen molar-refractivity contribution >= 4 is 11.9 Å². The van der Waals surface area contributed by atoms with Gasteiger partial charge in [-0.1, -0.05) is 26.7 Å². The molecule has 0 radical (unpaired) electrons. The smallest absolute Gasteiger partial charge is 0.319 e. The number of hydrogen-bond acceptors (Lipinski definition) is 4. The third-order valence-corrected chi connectivity index (χ3v) is 3.46. The minimum absolute atomic E-state index is 0.0374. The van der Waals surface area contributed by atoms with E-state index in [1.807, 2.05) is 25.7 Å². The number of rotatable bonds is 10. The molecule has 5 heteroatoms. The van der Waals surface area contributed by atoms with Crippen molar-refractivity contribution < 1.29 is 14.3 Å². The molecule has 5 nitrogen and oxygen atoms in total. The molecule has 0 aliphatic rings. The molecule has 0 saturated heterocycles. The van der Waals surface area contributed by atoms with Crippen LogP contribution in [0.25, 0.3) is 0 Å². The van der Waals surface area contributed by atoms with Crippen LogP contribution in [0, 0.1) is 5.92 Å². The lowest BCUT2D eigenvalue weighted by Gasteiger charge is -2.25. The van der Waals surface area contributed by atoms with Crippen LogP contribution in [0.15, 0.2) is 0 Å². The zero-order valence-corrected chi connectivity index (χ0v) is 14.4. The first-order valence-electron chi connectivity index (χ1n) is 7.86. The summed E-state index contributed by atoms with van der Waals surface area (Å²) < 4.78 is 4.66. The summed E-state index contributed by atoms with van der Waals surface area (Å²) in [7, 11) is 1.36. The van der Waals surface area contributed by atoms with E-state index in [-0.39, 0.29) is 37.0 Å². The number of carbonyl (C=O) groups excluding carboxylic acids is 2. The van der Waals surface area contributed by atoms with Crippen LogP contribution in [0.4, 0.5) is 0 Å². The fraction of sp³-hybridized carbons (Fsp3) is 0.875. The predicted molar refractivity (Wildman–Crippen MR) is 85.0 cm³/mol. The molecule has 0 aromatic carbocycles. The number of nitrogens with zero attached hydrogens (tertiary/aromatic N) is 1. The fourth-order valence-corrected chi connectivity index (χ4v) is 2.06. The van der Waals surface area contributed by atoms with Gasteiger partial charge in [-0.3, -0.25) is 14.5 Å². The normalized spacial score (nSPS) is 12.8. The molecule has 0 heterocycles. The average molecular weight is 300 g/mol. The van der Waals surface area contributed by atoms with E-state index in [0.29, 0.717) is 5.92 Å². The molecule has 0 saturated carbocycles. The first-order chi connectivity index (χ1) is 9.76. The van der Waals surface area contributed by atoms with Crippen LogP contribution in [0.5, 0.6) is 0 Å². The monoisotopic (exact) mass is 300 g/mol. The summed E-state index contributed by atoms with van der Waals surface area (Å²) >= 11 is 0. The van der Waals surface area contributed by atoms with Gasteiger partial charge in [0.15, 0.2) is 0 Å². The number of amides is 1. The Morgan fingerprint density at radius 2 is 1.67 bits per heavy atom. The summed E-state index contributed by atoms with van der Waals surface area (Å²) in [5.41, 5.74) is 0. The molecule has 0 aromatic rings. The Kier molecular flexibility index (Phi) is 10.0. The van der Waals surface area contributed by atoms with Gasteiger partial charge in [0.05, 0.1) is 20.2 Å². The highest BCUT2D eigenvalue weighted by molar-refractivity contribution is 5.79. The van der Waals surface area contributed by atoms with Crippen LogP contribution in [0.3, 0.4) is 0 Å². The lowest BCUT2D eigenvalue weighted by atomic mass is 10.0. The van der Waals surface area contributed by atoms with E-state index < -0.39 is 0 Å². The molecule has 1 N–H and O–H groups in total. The Morgan fingerprint density at radius 1 is 1.05 bits per heavy atom. The summed E-state index contributed by atoms with van der Waals surface area (Å²) in [5.74, 6) is 0.343. The second-order valence-electron chi connectivity index (χ2n) is 6.37. The van der Waals surface area contributed by atoms with Gasteiger partial charge in [-0.15, -0.1) is 0 Å². The van der Waals surface area contributed by atoms with E-state index in [4.69, 9.17) is 0 Å². The predicted octanol–water partition coefficient (Wildman–Crippen LogP) is 2.20. The molecule has 0 rings (SSSR count). The Balaban J connectivity index is 4.15. The summed E-state index contributed by atoms with van der Waals surface area (Å²) in [6, 6.07) is 0.287. The number of hydrogen-bond donors (Lipinski definition) is 1. The molecule has 0 bridgehead atoms. The standard InChI is InChI=1S/C16H32N2O3/c1-12(2)8-7-9-14(5)17-15(19)10-18(13(3)4)11-16(20)21-6/h12-14H,7-11H2,1-6H3,(H,17,19). The number of esters is 1. The number of methoxy groups -OCH3 is 1. The van der Waals surface area contributed by atoms with E-state index in [1.165, 1.54) is 13.5 Å². The molecule has 1 atom stereocenters. The van der Waals surface area contributed by atoms with Crippen molar-refractivity contribution in [2.24, 2.45) is 5.92 Å². The van der Waals surface area contributed by atoms with Gasteiger partial charge in [-0.05, 0) is 33.1 Å². The quantitative estimate of drug-likeness (QED) is 0.628. The first kappa shape index (κ1) is 19.9. The van der Waals surface area contributed by atoms with E-state index in [9.17, 15) is 9.59 Å². The topological polar surface area (TPSA) is 58.6 Å². The van der Waals surface area contributed by atoms with Crippen molar-refractivity contribution in [3.8, 4) is 0 Å². The second kappa shape index (κ2) is 10.6. The molecule has 0 aliphatic carbocycles. The van der Waals surface area contributed by atoms with Gasteiger partial charge in [-0.2, -0.15) is 0 Å². The van der Waals surface area contributed by atoms with Crippen LogP contribution in [-0.2, 0) is 14.3 Å². The molecule has 21 heavy (non-hydrogen) atoms. The number of nitrogens with one attached hydrogen (secondary N) is 1. The van der Waals surface area contributed by atoms with Crippen molar-refractivity contribution in [1.29, 1.82) is 0 Å². The Bertz CT molecular complexity index is 317. The SMILES string of the molecule is COC(=O)CN(CC(=O)NC(C)CCCC(C)C)C(C)C. The minimum Gasteiger partial charge on any atom is -0.468 e. The van der Waals surface area contributed by atoms with Crippen molar-refractivity contribution in [2.75, 3.05) is 20.2 Å². The molecule has 0 aromatic heterocycles. The van der Waals surface area contributed by atoms with Gasteiger partial charge >= 0.3 is 5.97 Å². The van der Waals surface area contributed by atoms with E-state index in [0.717, 1.165) is 12.8 Å². The van der Waals surface area contributed by atoms with Gasteiger partial charge in [0.1, 0.15) is 0 Å². The molecular formula is C16H32N2O3. The van der Waals surface area contributed by atoms with Gasteiger partial charge in [0.2, 0.25) is 5.91 Å². The van der Waals surface area contributed by atoms with Crippen LogP contribution in [0.1, 0.15) is 53.9 Å². The Labute approximate surface area is 129 Å². The highest BCUT2D eigenvalue weighted by atomic mass is 16.5. The zero-order valence-electron chi connectivity index (χ0n) is 14.4. The lowest BCUT2D eigenvalue weighted by molar-refractivity contribution is -0.142. The van der Waals surface area contributed by atoms with E-state index in [1.54, 1.807) is 0 Å². The Hall–Kier alpha value is -1.10. The van der Waals surface area contributed by atoms with Crippen LogP contribution in [-0.4, -0.2) is 49.1 Å². The van der Waals surface area contributed by atoms with E-state index in [2.05, 4.69) is 23.9 Å². The second-order valence-corrected chi connectivity index (χ2v) is 6.37. The largest absolute Gasteiger partial charge is 0.468 e. The first-order valence-corrected chi connectivity index (χ1v) is 7.86. The third-order valence-electron chi connectivity index (χ3n) is 3.46. The minimum atomic E-state index is -0.318. The third kappa shape index (κ3) is 10.3.